The summed E-state index contributed by atoms with van der Waals surface area (Å²) in [5, 5.41) is 4.84. The molecular formula is C13H11ClS2. The molecular weight excluding hydrogens is 256 g/mol. The third kappa shape index (κ3) is 3.14. The lowest BCUT2D eigenvalue weighted by atomic mass is 10.1. The van der Waals surface area contributed by atoms with Crippen LogP contribution in [0.4, 0.5) is 0 Å². The molecule has 2 rings (SSSR count). The SMILES string of the molecule is Cc1ccc(/C(Cl)=C\Sc2cccs2)cc1. The molecule has 82 valence electrons. The van der Waals surface area contributed by atoms with E-state index in [4.69, 9.17) is 11.6 Å². The molecule has 2 aromatic rings. The molecule has 0 atom stereocenters. The first-order valence-corrected chi connectivity index (χ1v) is 7.02. The minimum atomic E-state index is 0.790. The first-order valence-electron chi connectivity index (χ1n) is 4.88. The summed E-state index contributed by atoms with van der Waals surface area (Å²) < 4.78 is 1.25. The monoisotopic (exact) mass is 266 g/mol. The highest BCUT2D eigenvalue weighted by Gasteiger charge is 1.98. The van der Waals surface area contributed by atoms with Crippen LogP contribution in [0.15, 0.2) is 51.4 Å². The van der Waals surface area contributed by atoms with Crippen molar-refractivity contribution in [3.63, 3.8) is 0 Å². The minimum Gasteiger partial charge on any atom is -0.137 e. The molecule has 0 spiro atoms. The molecule has 0 unspecified atom stereocenters. The van der Waals surface area contributed by atoms with Gasteiger partial charge in [-0.15, -0.1) is 11.3 Å². The van der Waals surface area contributed by atoms with Gasteiger partial charge in [-0.1, -0.05) is 59.3 Å². The van der Waals surface area contributed by atoms with Crippen molar-refractivity contribution in [3.05, 3.63) is 58.3 Å². The Labute approximate surface area is 109 Å². The smallest absolute Gasteiger partial charge is 0.0640 e. The quantitative estimate of drug-likeness (QED) is 0.672. The van der Waals surface area contributed by atoms with Crippen molar-refractivity contribution in [3.8, 4) is 0 Å². The van der Waals surface area contributed by atoms with Gasteiger partial charge in [0.05, 0.1) is 9.24 Å². The van der Waals surface area contributed by atoms with Crippen molar-refractivity contribution in [2.24, 2.45) is 0 Å². The van der Waals surface area contributed by atoms with Crippen molar-refractivity contribution in [2.75, 3.05) is 0 Å². The Morgan fingerprint density at radius 2 is 2.00 bits per heavy atom. The van der Waals surface area contributed by atoms with E-state index in [1.807, 2.05) is 23.6 Å². The highest BCUT2D eigenvalue weighted by Crippen LogP contribution is 2.29. The number of aryl methyl sites for hydroxylation is 1. The van der Waals surface area contributed by atoms with Crippen LogP contribution < -0.4 is 0 Å². The van der Waals surface area contributed by atoms with Crippen molar-refractivity contribution in [2.45, 2.75) is 11.1 Å². The molecule has 3 heteroatoms. The lowest BCUT2D eigenvalue weighted by Gasteiger charge is -1.99. The maximum atomic E-state index is 6.22. The van der Waals surface area contributed by atoms with E-state index >= 15 is 0 Å². The van der Waals surface area contributed by atoms with Crippen LogP contribution in [0.3, 0.4) is 0 Å². The van der Waals surface area contributed by atoms with Gasteiger partial charge in [-0.05, 0) is 29.3 Å². The second-order valence-corrected chi connectivity index (χ2v) is 5.91. The number of thiophene rings is 1. The molecule has 0 bridgehead atoms. The second-order valence-electron chi connectivity index (χ2n) is 3.38. The van der Waals surface area contributed by atoms with Crippen LogP contribution >= 0.6 is 34.7 Å². The van der Waals surface area contributed by atoms with Crippen LogP contribution in [0, 0.1) is 6.92 Å². The van der Waals surface area contributed by atoms with Gasteiger partial charge in [0.15, 0.2) is 0 Å². The van der Waals surface area contributed by atoms with E-state index in [1.54, 1.807) is 23.1 Å². The Morgan fingerprint density at radius 3 is 2.62 bits per heavy atom. The fraction of sp³-hybridized carbons (Fsp3) is 0.0769. The van der Waals surface area contributed by atoms with Gasteiger partial charge < -0.3 is 0 Å². The molecule has 0 aliphatic carbocycles. The third-order valence-corrected chi connectivity index (χ3v) is 4.52. The molecule has 1 heterocycles. The molecule has 0 aliphatic heterocycles. The highest BCUT2D eigenvalue weighted by molar-refractivity contribution is 8.04. The Hall–Kier alpha value is -0.700. The van der Waals surface area contributed by atoms with Crippen molar-refractivity contribution in [1.82, 2.24) is 0 Å². The van der Waals surface area contributed by atoms with Gasteiger partial charge in [-0.3, -0.25) is 0 Å². The van der Waals surface area contributed by atoms with Crippen LogP contribution in [0.25, 0.3) is 5.03 Å². The van der Waals surface area contributed by atoms with E-state index in [0.717, 1.165) is 10.6 Å². The average molecular weight is 267 g/mol. The van der Waals surface area contributed by atoms with Crippen LogP contribution in [-0.4, -0.2) is 0 Å². The van der Waals surface area contributed by atoms with E-state index < -0.39 is 0 Å². The van der Waals surface area contributed by atoms with Gasteiger partial charge >= 0.3 is 0 Å². The maximum absolute atomic E-state index is 6.22. The zero-order valence-corrected chi connectivity index (χ0v) is 11.2. The van der Waals surface area contributed by atoms with E-state index in [-0.39, 0.29) is 0 Å². The molecule has 0 amide bonds. The number of halogens is 1. The summed E-state index contributed by atoms with van der Waals surface area (Å²) in [5.74, 6) is 0. The zero-order chi connectivity index (χ0) is 11.4. The van der Waals surface area contributed by atoms with Crippen molar-refractivity contribution >= 4 is 39.7 Å². The first kappa shape index (κ1) is 11.8. The van der Waals surface area contributed by atoms with Crippen LogP contribution in [0.5, 0.6) is 0 Å². The predicted octanol–water partition coefficient (Wildman–Crippen LogP) is 5.39. The molecule has 0 fully saturated rings. The lowest BCUT2D eigenvalue weighted by Crippen LogP contribution is -1.76. The maximum Gasteiger partial charge on any atom is 0.0640 e. The molecule has 0 N–H and O–H groups in total. The molecule has 0 radical (unpaired) electrons. The van der Waals surface area contributed by atoms with E-state index in [9.17, 15) is 0 Å². The van der Waals surface area contributed by atoms with E-state index in [0.29, 0.717) is 0 Å². The van der Waals surface area contributed by atoms with Gasteiger partial charge in [-0.2, -0.15) is 0 Å². The van der Waals surface area contributed by atoms with Gasteiger partial charge in [0.1, 0.15) is 0 Å². The Balaban J connectivity index is 2.09. The second kappa shape index (κ2) is 5.58. The van der Waals surface area contributed by atoms with Crippen molar-refractivity contribution < 1.29 is 0 Å². The average Bonchev–Trinajstić information content (AvgIpc) is 2.80. The molecule has 1 aromatic carbocycles. The van der Waals surface area contributed by atoms with Crippen LogP contribution in [0.2, 0.25) is 0 Å². The summed E-state index contributed by atoms with van der Waals surface area (Å²) in [6.07, 6.45) is 0. The molecule has 16 heavy (non-hydrogen) atoms. The number of benzene rings is 1. The highest BCUT2D eigenvalue weighted by atomic mass is 35.5. The van der Waals surface area contributed by atoms with Gasteiger partial charge in [-0.25, -0.2) is 0 Å². The van der Waals surface area contributed by atoms with E-state index in [2.05, 4.69) is 30.5 Å². The predicted molar refractivity (Wildman–Crippen MR) is 75.2 cm³/mol. The number of thioether (sulfide) groups is 1. The lowest BCUT2D eigenvalue weighted by molar-refractivity contribution is 1.46. The summed E-state index contributed by atoms with van der Waals surface area (Å²) in [6, 6.07) is 12.4. The summed E-state index contributed by atoms with van der Waals surface area (Å²) in [4.78, 5) is 0. The fourth-order valence-corrected chi connectivity index (χ4v) is 2.98. The van der Waals surface area contributed by atoms with Crippen LogP contribution in [-0.2, 0) is 0 Å². The van der Waals surface area contributed by atoms with Gasteiger partial charge in [0, 0.05) is 0 Å². The third-order valence-electron chi connectivity index (χ3n) is 2.10. The summed E-state index contributed by atoms with van der Waals surface area (Å²) in [6.45, 7) is 2.07. The number of hydrogen-bond acceptors (Lipinski definition) is 2. The molecule has 0 nitrogen and oxygen atoms in total. The summed E-state index contributed by atoms with van der Waals surface area (Å²) >= 11 is 9.60. The molecule has 0 saturated carbocycles. The molecule has 1 aromatic heterocycles. The van der Waals surface area contributed by atoms with Crippen LogP contribution in [0.1, 0.15) is 11.1 Å². The van der Waals surface area contributed by atoms with Gasteiger partial charge in [0.25, 0.3) is 0 Å². The Kier molecular flexibility index (Phi) is 4.10. The largest absolute Gasteiger partial charge is 0.137 e. The Morgan fingerprint density at radius 1 is 1.25 bits per heavy atom. The fourth-order valence-electron chi connectivity index (χ4n) is 1.22. The first-order chi connectivity index (χ1) is 7.75. The topological polar surface area (TPSA) is 0 Å². The Bertz CT molecular complexity index is 469. The van der Waals surface area contributed by atoms with Crippen molar-refractivity contribution in [1.29, 1.82) is 0 Å². The minimum absolute atomic E-state index is 0.790. The summed E-state index contributed by atoms with van der Waals surface area (Å²) in [7, 11) is 0. The molecule has 0 saturated heterocycles. The van der Waals surface area contributed by atoms with E-state index in [1.165, 1.54) is 9.77 Å². The zero-order valence-electron chi connectivity index (χ0n) is 8.81. The standard InChI is InChI=1S/C13H11ClS2/c1-10-4-6-11(7-5-10)12(14)9-16-13-3-2-8-15-13/h2-9H,1H3/b12-9+. The normalized spacial score (nSPS) is 11.8. The number of rotatable bonds is 3. The number of hydrogen-bond donors (Lipinski definition) is 0. The summed E-state index contributed by atoms with van der Waals surface area (Å²) in [5.41, 5.74) is 2.32. The molecule has 0 aliphatic rings. The van der Waals surface area contributed by atoms with Gasteiger partial charge in [0.2, 0.25) is 0 Å².